The Morgan fingerprint density at radius 3 is 1.09 bits per heavy atom. The third kappa shape index (κ3) is 20.9. The molecule has 7 heterocycles. The number of rotatable bonds is 8. The van der Waals surface area contributed by atoms with E-state index in [-0.39, 0.29) is 12.7 Å². The van der Waals surface area contributed by atoms with Gasteiger partial charge >= 0.3 is 0 Å². The van der Waals surface area contributed by atoms with Crippen LogP contribution in [0.25, 0.3) is 78.8 Å². The lowest BCUT2D eigenvalue weighted by Crippen LogP contribution is -2.36. The molecule has 125 heavy (non-hydrogen) atoms. The van der Waals surface area contributed by atoms with Crippen molar-refractivity contribution >= 4 is 0 Å². The van der Waals surface area contributed by atoms with Gasteiger partial charge in [0.25, 0.3) is 0 Å². The predicted octanol–water partition coefficient (Wildman–Crippen LogP) is 24.1. The number of hydrogen-bond acceptors (Lipinski definition) is 0. The van der Waals surface area contributed by atoms with Crippen molar-refractivity contribution in [3.05, 3.63) is 373 Å². The second-order valence-electron chi connectivity index (χ2n) is 35.4. The van der Waals surface area contributed by atoms with Crippen LogP contribution >= 0.6 is 0 Å². The van der Waals surface area contributed by atoms with E-state index in [1.807, 2.05) is 112 Å². The van der Waals surface area contributed by atoms with E-state index in [0.717, 1.165) is 63.2 Å². The molecule has 2 atom stereocenters. The number of nitrogens with zero attached hydrogens (tertiary/aromatic N) is 7. The molecule has 0 aliphatic heterocycles. The topological polar surface area (TPSA) is 27.2 Å². The first-order chi connectivity index (χ1) is 65.1. The smallest absolute Gasteiger partial charge is 0.201 e. The zero-order valence-electron chi connectivity index (χ0n) is 89.3. The van der Waals surface area contributed by atoms with E-state index in [2.05, 4.69) is 256 Å². The van der Waals surface area contributed by atoms with Gasteiger partial charge in [-0.15, -0.1) is 0 Å². The molecule has 6 aliphatic carbocycles. The van der Waals surface area contributed by atoms with Crippen molar-refractivity contribution in [1.82, 2.24) is 0 Å². The molecule has 6 aliphatic rings. The van der Waals surface area contributed by atoms with E-state index in [4.69, 9.17) is 16.4 Å². The molecule has 0 N–H and O–H groups in total. The van der Waals surface area contributed by atoms with Crippen LogP contribution in [-0.2, 0) is 120 Å². The molecule has 20 rings (SSSR count). The number of fused-ring (bicyclic) bond motifs is 6. The monoisotopic (exact) mass is 1670 g/mol. The molecule has 14 aromatic rings. The lowest BCUT2D eigenvalue weighted by Gasteiger charge is -2.23. The molecule has 0 amide bonds. The molecule has 0 radical (unpaired) electrons. The van der Waals surface area contributed by atoms with E-state index in [0.29, 0.717) is 30.5 Å². The first kappa shape index (κ1) is 75.0. The molecule has 7 aromatic heterocycles. The lowest BCUT2D eigenvalue weighted by atomic mass is 9.82. The van der Waals surface area contributed by atoms with Crippen LogP contribution in [0.3, 0.4) is 0 Å². The third-order valence-electron chi connectivity index (χ3n) is 26.5. The first-order valence-corrected chi connectivity index (χ1v) is 45.6. The molecule has 0 saturated carbocycles. The molecule has 7 aromatic carbocycles. The Morgan fingerprint density at radius 2 is 0.656 bits per heavy atom. The molecule has 2 unspecified atom stereocenters. The van der Waals surface area contributed by atoms with Crippen molar-refractivity contribution in [1.29, 1.82) is 0 Å². The first-order valence-electron chi connectivity index (χ1n) is 51.6. The highest BCUT2D eigenvalue weighted by atomic mass is 15.0. The minimum absolute atomic E-state index is 0. The average molecular weight is 1670 g/mol. The fraction of sp³-hybridized carbons (Fsp3) is 0.347. The quantitative estimate of drug-likeness (QED) is 0.136. The van der Waals surface area contributed by atoms with Gasteiger partial charge < -0.3 is 0 Å². The number of hydrogen-bond donors (Lipinski definition) is 0. The number of aryl methyl sites for hydroxylation is 21. The van der Waals surface area contributed by atoms with Crippen LogP contribution in [0.1, 0.15) is 232 Å². The van der Waals surface area contributed by atoms with E-state index in [1.54, 1.807) is 52.1 Å². The molecule has 0 bridgehead atoms. The Hall–Kier alpha value is -11.4. The van der Waals surface area contributed by atoms with E-state index >= 15 is 0 Å². The number of benzene rings is 7. The molecule has 7 nitrogen and oxygen atoms in total. The van der Waals surface area contributed by atoms with Crippen molar-refractivity contribution in [3.8, 4) is 78.8 Å². The zero-order chi connectivity index (χ0) is 98.4. The van der Waals surface area contributed by atoms with Crippen LogP contribution < -0.4 is 32.0 Å². The maximum absolute atomic E-state index is 8.59. The minimum Gasteiger partial charge on any atom is -0.201 e. The van der Waals surface area contributed by atoms with Gasteiger partial charge in [0.15, 0.2) is 42.9 Å². The maximum atomic E-state index is 8.59. The molecular weight excluding hydrogens is 1520 g/mol. The summed E-state index contributed by atoms with van der Waals surface area (Å²) >= 11 is 0. The van der Waals surface area contributed by atoms with Crippen molar-refractivity contribution in [2.75, 3.05) is 0 Å². The highest BCUT2D eigenvalue weighted by molar-refractivity contribution is 5.70. The van der Waals surface area contributed by atoms with Gasteiger partial charge in [0, 0.05) is 145 Å². The van der Waals surface area contributed by atoms with Crippen molar-refractivity contribution in [2.45, 2.75) is 223 Å². The summed E-state index contributed by atoms with van der Waals surface area (Å²) in [6, 6.07) is 75.1. The van der Waals surface area contributed by atoms with Gasteiger partial charge in [-0.2, -0.15) is 4.57 Å². The summed E-state index contributed by atoms with van der Waals surface area (Å²) in [5, 5.41) is 0. The summed E-state index contributed by atoms with van der Waals surface area (Å²) in [5.74, 6) is -2.76. The summed E-state index contributed by atoms with van der Waals surface area (Å²) in [6.45, 7) is 12.8. The summed E-state index contributed by atoms with van der Waals surface area (Å²) < 4.78 is 112. The highest BCUT2D eigenvalue weighted by Crippen LogP contribution is 2.39. The van der Waals surface area contributed by atoms with Gasteiger partial charge in [-0.1, -0.05) is 148 Å². The number of pyridine rings is 7. The average Bonchev–Trinajstić information content (AvgIpc) is 0.796. The standard InChI is InChI=1S/C18H22N.3C17H20N.C17H22N.2C16H18N.H2/c1-13-8-6-10-17-15(13)11-12-19(3)18(17)16-9-5-4-7-14(16)2;2*1-13-7-3-6-10-16(13)17-11-14-8-4-5-9-15(14)12-18(17)2;1-13-7-3-5-9-15(13)17-16-10-6-4-8-14(16)11-12-18(17)2;1-12(2)15-10-11-17(18(5)14(15)4)16-9-7-6-8-13(16)3;1-12-6-3-4-9-15(12)16-10-13-7-5-8-14(13)11-17(16)2;1-12-6-3-4-8-14(12)16-15-9-5-7-13(15)10-11-17(16)2;/h4-5,7,9,11-13H,6,8,10H2,1-3H3;2*3,6-7,10-12H,4-5,8-9H2,1-2H3;3,5,7,9,11-12H,4,6,8,10H2,1-2H3;6-12H,1-5H3;3-4,6,9-11H,5,7-8H2,1-2H3;3-4,6,8,10-11H,5,7,9H2,1-2H3;1H/q7*+1;/i10D2,13D;8D2;;;1D3,4D3,12D;;;1+1. The largest absolute Gasteiger partial charge is 0.216 e. The van der Waals surface area contributed by atoms with Gasteiger partial charge in [-0.25, -0.2) is 27.4 Å². The molecule has 0 fully saturated rings. The summed E-state index contributed by atoms with van der Waals surface area (Å²) in [4.78, 5) is 0. The molecular formula is C118H142N7+7. The van der Waals surface area contributed by atoms with Gasteiger partial charge in [0.1, 0.15) is 49.3 Å². The van der Waals surface area contributed by atoms with Crippen LogP contribution in [-0.4, -0.2) is 0 Å². The van der Waals surface area contributed by atoms with Gasteiger partial charge in [0.05, 0.1) is 0 Å². The van der Waals surface area contributed by atoms with Gasteiger partial charge in [-0.3, -0.25) is 0 Å². The Bertz CT molecular complexity index is 6760. The Balaban J connectivity index is 0.000000136. The lowest BCUT2D eigenvalue weighted by molar-refractivity contribution is -0.667. The normalized spacial score (nSPS) is 17.8. The summed E-state index contributed by atoms with van der Waals surface area (Å²) in [7, 11) is 14.2. The van der Waals surface area contributed by atoms with Crippen LogP contribution in [0.2, 0.25) is 0 Å². The predicted molar refractivity (Wildman–Crippen MR) is 521 cm³/mol. The summed E-state index contributed by atoms with van der Waals surface area (Å²) in [5.41, 5.74) is 41.3. The zero-order valence-corrected chi connectivity index (χ0v) is 77.3. The van der Waals surface area contributed by atoms with Gasteiger partial charge in [-0.05, 0) is 316 Å². The van der Waals surface area contributed by atoms with Crippen molar-refractivity contribution < 1.29 is 49.8 Å². The Kier molecular flexibility index (Phi) is 24.9. The van der Waals surface area contributed by atoms with E-state index < -0.39 is 38.2 Å². The third-order valence-corrected chi connectivity index (χ3v) is 26.5. The number of aromatic nitrogens is 7. The highest BCUT2D eigenvalue weighted by Gasteiger charge is 2.30. The van der Waals surface area contributed by atoms with Crippen LogP contribution in [0.5, 0.6) is 0 Å². The van der Waals surface area contributed by atoms with Crippen LogP contribution in [0.15, 0.2) is 256 Å². The Labute approximate surface area is 768 Å². The minimum atomic E-state index is -2.65. The Morgan fingerprint density at radius 1 is 0.328 bits per heavy atom. The second kappa shape index (κ2) is 41.6. The molecule has 642 valence electrons. The van der Waals surface area contributed by atoms with Crippen LogP contribution in [0, 0.1) is 55.3 Å². The molecule has 0 spiro atoms. The van der Waals surface area contributed by atoms with Crippen molar-refractivity contribution in [3.63, 3.8) is 0 Å². The van der Waals surface area contributed by atoms with E-state index in [9.17, 15) is 0 Å². The van der Waals surface area contributed by atoms with E-state index in [1.165, 1.54) is 191 Å². The molecule has 7 heteroatoms. The van der Waals surface area contributed by atoms with Gasteiger partial charge in [0.2, 0.25) is 39.9 Å². The van der Waals surface area contributed by atoms with Crippen LogP contribution in [0.4, 0.5) is 0 Å². The SMILES string of the molecule is Cc1ccccc1-c1c2c(cc[n+]1C)CCC2.Cc1ccccc1-c1c2c(cc[n+]1C)CCCC2.Cc1ccccc1-c1cc2c(c[n+]1C)CCC2.Cc1ccccc1-c1cc2c(c[n+]1C)CCCC2.[2HH].[2H]C([2H])([2H])c1c(C([2H])(C)C([2H])([2H])[2H])ccc(-c2ccccc2C)[n+]1C.[2H]C1([2H])CCC([2H])(C)c2cc[n+](C)c(-c3ccccc3C)c21.[2H]C1([2H])CCCc2c[n+](C)c(-c3ccccc3C)cc21. The summed E-state index contributed by atoms with van der Waals surface area (Å²) in [6.07, 6.45) is 31.9. The molecule has 0 saturated heterocycles. The fourth-order valence-corrected chi connectivity index (χ4v) is 19.4. The fourth-order valence-electron chi connectivity index (χ4n) is 19.4. The second-order valence-corrected chi connectivity index (χ2v) is 35.4. The van der Waals surface area contributed by atoms with Crippen molar-refractivity contribution in [2.24, 2.45) is 49.3 Å². The maximum Gasteiger partial charge on any atom is 0.216 e.